The summed E-state index contributed by atoms with van der Waals surface area (Å²) in [5.41, 5.74) is 3.22. The number of carbonyl (C=O) groups is 1. The highest BCUT2D eigenvalue weighted by molar-refractivity contribution is 5.99. The van der Waals surface area contributed by atoms with Gasteiger partial charge in [-0.15, -0.1) is 0 Å². The Balaban J connectivity index is 1.61. The van der Waals surface area contributed by atoms with Crippen molar-refractivity contribution in [3.05, 3.63) is 72.2 Å². The lowest BCUT2D eigenvalue weighted by Crippen LogP contribution is -2.27. The van der Waals surface area contributed by atoms with Crippen molar-refractivity contribution in [3.8, 4) is 11.3 Å². The third-order valence-corrected chi connectivity index (χ3v) is 4.44. The van der Waals surface area contributed by atoms with E-state index in [1.54, 1.807) is 11.9 Å². The van der Waals surface area contributed by atoms with E-state index >= 15 is 0 Å². The molecule has 6 heteroatoms. The van der Waals surface area contributed by atoms with E-state index in [0.717, 1.165) is 22.4 Å². The smallest absolute Gasteiger partial charge is 0.259 e. The summed E-state index contributed by atoms with van der Waals surface area (Å²) >= 11 is 0. The minimum Gasteiger partial charge on any atom is -0.355 e. The second-order valence-electron chi connectivity index (χ2n) is 6.17. The van der Waals surface area contributed by atoms with Crippen LogP contribution in [0.2, 0.25) is 0 Å². The molecule has 2 heterocycles. The van der Waals surface area contributed by atoms with Gasteiger partial charge in [0.2, 0.25) is 0 Å². The van der Waals surface area contributed by atoms with Crippen molar-refractivity contribution in [2.75, 3.05) is 7.05 Å². The summed E-state index contributed by atoms with van der Waals surface area (Å²) < 4.78 is 7.33. The van der Waals surface area contributed by atoms with Gasteiger partial charge in [-0.2, -0.15) is 0 Å². The first-order valence-electron chi connectivity index (χ1n) is 8.31. The molecule has 0 fully saturated rings. The molecule has 0 N–H and O–H groups in total. The Labute approximate surface area is 150 Å². The standard InChI is InChI=1S/C20H18N4O2/c1-23(13-18-22-16-10-6-7-11-17(16)24(18)2)20(25)15-12-21-26-19(15)14-8-4-3-5-9-14/h3-12H,13H2,1-2H3. The highest BCUT2D eigenvalue weighted by atomic mass is 16.5. The third kappa shape index (κ3) is 2.75. The number of aryl methyl sites for hydroxylation is 1. The van der Waals surface area contributed by atoms with Crippen LogP contribution in [0.5, 0.6) is 0 Å². The molecular formula is C20H18N4O2. The van der Waals surface area contributed by atoms with Crippen molar-refractivity contribution in [2.45, 2.75) is 6.54 Å². The number of rotatable bonds is 4. The zero-order valence-corrected chi connectivity index (χ0v) is 14.6. The summed E-state index contributed by atoms with van der Waals surface area (Å²) in [6.07, 6.45) is 1.47. The molecule has 0 saturated heterocycles. The van der Waals surface area contributed by atoms with E-state index in [1.807, 2.05) is 66.2 Å². The zero-order valence-electron chi connectivity index (χ0n) is 14.6. The number of aromatic nitrogens is 3. The number of carbonyl (C=O) groups excluding carboxylic acids is 1. The minimum atomic E-state index is -0.155. The Morgan fingerprint density at radius 1 is 1.12 bits per heavy atom. The Morgan fingerprint density at radius 3 is 2.62 bits per heavy atom. The number of nitrogens with zero attached hydrogens (tertiary/aromatic N) is 4. The number of para-hydroxylation sites is 2. The minimum absolute atomic E-state index is 0.155. The third-order valence-electron chi connectivity index (χ3n) is 4.44. The first-order chi connectivity index (χ1) is 12.6. The van der Waals surface area contributed by atoms with E-state index < -0.39 is 0 Å². The highest BCUT2D eigenvalue weighted by Gasteiger charge is 2.22. The second-order valence-corrected chi connectivity index (χ2v) is 6.17. The van der Waals surface area contributed by atoms with Gasteiger partial charge in [-0.05, 0) is 12.1 Å². The van der Waals surface area contributed by atoms with Crippen LogP contribution in [-0.2, 0) is 13.6 Å². The van der Waals surface area contributed by atoms with Crippen LogP contribution in [0.15, 0.2) is 65.3 Å². The van der Waals surface area contributed by atoms with Crippen LogP contribution in [0.4, 0.5) is 0 Å². The van der Waals surface area contributed by atoms with Gasteiger partial charge >= 0.3 is 0 Å². The van der Waals surface area contributed by atoms with Crippen LogP contribution >= 0.6 is 0 Å². The molecule has 4 rings (SSSR count). The van der Waals surface area contributed by atoms with E-state index in [0.29, 0.717) is 17.9 Å². The fourth-order valence-corrected chi connectivity index (χ4v) is 3.02. The normalized spacial score (nSPS) is 11.0. The van der Waals surface area contributed by atoms with Gasteiger partial charge in [0.1, 0.15) is 11.4 Å². The van der Waals surface area contributed by atoms with Gasteiger partial charge in [-0.25, -0.2) is 4.98 Å². The largest absolute Gasteiger partial charge is 0.355 e. The molecule has 0 aliphatic heterocycles. The average molecular weight is 346 g/mol. The molecule has 0 spiro atoms. The fourth-order valence-electron chi connectivity index (χ4n) is 3.02. The van der Waals surface area contributed by atoms with E-state index in [4.69, 9.17) is 4.52 Å². The quantitative estimate of drug-likeness (QED) is 0.567. The van der Waals surface area contributed by atoms with Crippen molar-refractivity contribution < 1.29 is 9.32 Å². The number of fused-ring (bicyclic) bond motifs is 1. The van der Waals surface area contributed by atoms with Crippen LogP contribution < -0.4 is 0 Å². The molecule has 2 aromatic heterocycles. The zero-order chi connectivity index (χ0) is 18.1. The molecule has 0 bridgehead atoms. The van der Waals surface area contributed by atoms with E-state index in [-0.39, 0.29) is 5.91 Å². The maximum atomic E-state index is 12.9. The lowest BCUT2D eigenvalue weighted by atomic mass is 10.1. The molecular weight excluding hydrogens is 328 g/mol. The summed E-state index contributed by atoms with van der Waals surface area (Å²) in [4.78, 5) is 19.2. The molecule has 26 heavy (non-hydrogen) atoms. The number of benzene rings is 2. The van der Waals surface area contributed by atoms with Crippen LogP contribution in [0.1, 0.15) is 16.2 Å². The molecule has 0 radical (unpaired) electrons. The number of hydrogen-bond donors (Lipinski definition) is 0. The number of imidazole rings is 1. The topological polar surface area (TPSA) is 64.2 Å². The fraction of sp³-hybridized carbons (Fsp3) is 0.150. The van der Waals surface area contributed by atoms with Gasteiger partial charge < -0.3 is 14.0 Å². The molecule has 130 valence electrons. The Hall–Kier alpha value is -3.41. The van der Waals surface area contributed by atoms with Crippen molar-refractivity contribution in [3.63, 3.8) is 0 Å². The summed E-state index contributed by atoms with van der Waals surface area (Å²) in [6.45, 7) is 0.392. The number of hydrogen-bond acceptors (Lipinski definition) is 4. The van der Waals surface area contributed by atoms with Gasteiger partial charge in [-0.3, -0.25) is 4.79 Å². The maximum Gasteiger partial charge on any atom is 0.259 e. The van der Waals surface area contributed by atoms with Gasteiger partial charge in [0.05, 0.1) is 23.8 Å². The Morgan fingerprint density at radius 2 is 1.85 bits per heavy atom. The SMILES string of the molecule is CN(Cc1nc2ccccc2n1C)C(=O)c1cnoc1-c1ccccc1. The Kier molecular flexibility index (Phi) is 4.01. The molecule has 0 saturated carbocycles. The van der Waals surface area contributed by atoms with E-state index in [2.05, 4.69) is 10.1 Å². The molecule has 4 aromatic rings. The monoisotopic (exact) mass is 346 g/mol. The van der Waals surface area contributed by atoms with Crippen LogP contribution in [0.3, 0.4) is 0 Å². The molecule has 6 nitrogen and oxygen atoms in total. The summed E-state index contributed by atoms with van der Waals surface area (Å²) in [6, 6.07) is 17.4. The molecule has 0 aliphatic carbocycles. The lowest BCUT2D eigenvalue weighted by Gasteiger charge is -2.16. The van der Waals surface area contributed by atoms with Crippen molar-refractivity contribution in [1.82, 2.24) is 19.6 Å². The molecule has 1 amide bonds. The molecule has 0 aliphatic rings. The van der Waals surface area contributed by atoms with Gasteiger partial charge in [-0.1, -0.05) is 47.6 Å². The summed E-state index contributed by atoms with van der Waals surface area (Å²) in [7, 11) is 3.71. The van der Waals surface area contributed by atoms with Gasteiger partial charge in [0, 0.05) is 19.7 Å². The Bertz CT molecular complexity index is 1070. The molecule has 0 atom stereocenters. The van der Waals surface area contributed by atoms with Crippen molar-refractivity contribution >= 4 is 16.9 Å². The predicted octanol–water partition coefficient (Wildman–Crippen LogP) is 3.50. The van der Waals surface area contributed by atoms with Crippen LogP contribution in [-0.4, -0.2) is 32.6 Å². The van der Waals surface area contributed by atoms with Crippen LogP contribution in [0.25, 0.3) is 22.4 Å². The lowest BCUT2D eigenvalue weighted by molar-refractivity contribution is 0.0781. The van der Waals surface area contributed by atoms with E-state index in [1.165, 1.54) is 6.20 Å². The highest BCUT2D eigenvalue weighted by Crippen LogP contribution is 2.24. The molecule has 0 unspecified atom stereocenters. The van der Waals surface area contributed by atoms with Gasteiger partial charge in [0.15, 0.2) is 5.76 Å². The maximum absolute atomic E-state index is 12.9. The van der Waals surface area contributed by atoms with Crippen molar-refractivity contribution in [1.29, 1.82) is 0 Å². The van der Waals surface area contributed by atoms with Crippen molar-refractivity contribution in [2.24, 2.45) is 7.05 Å². The van der Waals surface area contributed by atoms with Crippen LogP contribution in [0, 0.1) is 0 Å². The molecule has 2 aromatic carbocycles. The summed E-state index contributed by atoms with van der Waals surface area (Å²) in [5, 5.41) is 3.82. The van der Waals surface area contributed by atoms with Gasteiger partial charge in [0.25, 0.3) is 5.91 Å². The summed E-state index contributed by atoms with van der Waals surface area (Å²) in [5.74, 6) is 1.14. The number of amides is 1. The predicted molar refractivity (Wildman–Crippen MR) is 98.5 cm³/mol. The average Bonchev–Trinajstić information content (AvgIpc) is 3.28. The first-order valence-corrected chi connectivity index (χ1v) is 8.31. The second kappa shape index (κ2) is 6.48. The van der Waals surface area contributed by atoms with E-state index in [9.17, 15) is 4.79 Å². The first kappa shape index (κ1) is 16.1.